The average Bonchev–Trinajstić information content (AvgIpc) is 3.18. The van der Waals surface area contributed by atoms with Crippen molar-refractivity contribution in [2.75, 3.05) is 23.4 Å². The largest absolute Gasteiger partial charge is 0.454 e. The first-order valence-electron chi connectivity index (χ1n) is 9.60. The summed E-state index contributed by atoms with van der Waals surface area (Å²) in [4.78, 5) is 12.8. The van der Waals surface area contributed by atoms with E-state index in [2.05, 4.69) is 5.32 Å². The summed E-state index contributed by atoms with van der Waals surface area (Å²) >= 11 is 0. The number of amides is 1. The van der Waals surface area contributed by atoms with Gasteiger partial charge in [0.05, 0.1) is 17.5 Å². The van der Waals surface area contributed by atoms with Crippen LogP contribution in [0, 0.1) is 6.92 Å². The van der Waals surface area contributed by atoms with E-state index in [0.29, 0.717) is 23.6 Å². The van der Waals surface area contributed by atoms with E-state index >= 15 is 0 Å². The Bertz CT molecular complexity index is 973. The molecule has 0 radical (unpaired) electrons. The molecule has 2 aromatic carbocycles. The van der Waals surface area contributed by atoms with E-state index in [9.17, 15) is 13.2 Å². The van der Waals surface area contributed by atoms with Crippen LogP contribution in [-0.4, -0.2) is 33.4 Å². The Balaban J connectivity index is 1.80. The number of anilines is 1. The molecule has 29 heavy (non-hydrogen) atoms. The number of ether oxygens (including phenoxy) is 2. The first-order valence-corrected chi connectivity index (χ1v) is 11.2. The predicted octanol–water partition coefficient (Wildman–Crippen LogP) is 3.15. The molecule has 8 heteroatoms. The van der Waals surface area contributed by atoms with E-state index in [1.165, 1.54) is 0 Å². The van der Waals surface area contributed by atoms with Crippen LogP contribution in [0.15, 0.2) is 42.5 Å². The maximum Gasteiger partial charge on any atom is 0.241 e. The Morgan fingerprint density at radius 3 is 2.45 bits per heavy atom. The van der Waals surface area contributed by atoms with Crippen LogP contribution >= 0.6 is 0 Å². The fourth-order valence-corrected chi connectivity index (χ4v) is 4.20. The number of sulfonamides is 1. The van der Waals surface area contributed by atoms with Gasteiger partial charge >= 0.3 is 0 Å². The topological polar surface area (TPSA) is 84.9 Å². The lowest BCUT2D eigenvalue weighted by atomic mass is 10.0. The van der Waals surface area contributed by atoms with Crippen LogP contribution in [0.3, 0.4) is 0 Å². The molecule has 1 heterocycles. The average molecular weight is 419 g/mol. The van der Waals surface area contributed by atoms with Gasteiger partial charge in [-0.05, 0) is 38.0 Å². The Morgan fingerprint density at radius 1 is 1.10 bits per heavy atom. The molecule has 1 amide bonds. The predicted molar refractivity (Wildman–Crippen MR) is 112 cm³/mol. The van der Waals surface area contributed by atoms with E-state index in [1.807, 2.05) is 38.1 Å². The number of hydrogen-bond acceptors (Lipinski definition) is 5. The van der Waals surface area contributed by atoms with Crippen LogP contribution in [0.2, 0.25) is 0 Å². The summed E-state index contributed by atoms with van der Waals surface area (Å²) in [6, 6.07) is 12.6. The molecule has 0 spiro atoms. The molecular weight excluding hydrogens is 392 g/mol. The van der Waals surface area contributed by atoms with E-state index in [1.54, 1.807) is 25.1 Å². The van der Waals surface area contributed by atoms with Gasteiger partial charge < -0.3 is 14.8 Å². The van der Waals surface area contributed by atoms with Gasteiger partial charge in [0, 0.05) is 6.07 Å². The normalized spacial score (nSPS) is 13.8. The highest BCUT2D eigenvalue weighted by atomic mass is 32.2. The fourth-order valence-electron chi connectivity index (χ4n) is 3.14. The van der Waals surface area contributed by atoms with Crippen molar-refractivity contribution in [3.63, 3.8) is 0 Å². The molecule has 1 aliphatic heterocycles. The number of carbonyl (C=O) groups is 1. The van der Waals surface area contributed by atoms with Gasteiger partial charge in [0.2, 0.25) is 22.7 Å². The second kappa shape index (κ2) is 8.73. The molecule has 1 N–H and O–H groups in total. The maximum atomic E-state index is 12.8. The molecular formula is C21H26N2O5S. The number of carbonyl (C=O) groups excluding carboxylic acids is 1. The van der Waals surface area contributed by atoms with Crippen molar-refractivity contribution in [1.29, 1.82) is 0 Å². The summed E-state index contributed by atoms with van der Waals surface area (Å²) in [5.74, 6) is 0.527. The van der Waals surface area contributed by atoms with Gasteiger partial charge in [-0.1, -0.05) is 36.8 Å². The molecule has 1 atom stereocenters. The summed E-state index contributed by atoms with van der Waals surface area (Å²) < 4.78 is 37.1. The fraction of sp³-hybridized carbons (Fsp3) is 0.381. The number of aryl methyl sites for hydroxylation is 1. The molecule has 0 fully saturated rings. The van der Waals surface area contributed by atoms with Crippen molar-refractivity contribution < 1.29 is 22.7 Å². The summed E-state index contributed by atoms with van der Waals surface area (Å²) in [5, 5.41) is 2.95. The molecule has 156 valence electrons. The molecule has 0 saturated heterocycles. The zero-order valence-corrected chi connectivity index (χ0v) is 17.7. The van der Waals surface area contributed by atoms with Crippen molar-refractivity contribution in [3.05, 3.63) is 53.6 Å². The van der Waals surface area contributed by atoms with Crippen LogP contribution in [0.5, 0.6) is 11.5 Å². The van der Waals surface area contributed by atoms with Crippen molar-refractivity contribution in [3.8, 4) is 11.5 Å². The first-order chi connectivity index (χ1) is 13.8. The third-order valence-corrected chi connectivity index (χ3v) is 6.60. The lowest BCUT2D eigenvalue weighted by molar-refractivity contribution is -0.120. The molecule has 0 bridgehead atoms. The number of fused-ring (bicyclic) bond motifs is 1. The summed E-state index contributed by atoms with van der Waals surface area (Å²) in [6.45, 7) is 5.31. The van der Waals surface area contributed by atoms with Crippen LogP contribution in [-0.2, 0) is 14.8 Å². The van der Waals surface area contributed by atoms with Gasteiger partial charge in [0.1, 0.15) is 6.54 Å². The minimum Gasteiger partial charge on any atom is -0.454 e. The molecule has 0 saturated carbocycles. The van der Waals surface area contributed by atoms with Crippen molar-refractivity contribution >= 4 is 21.6 Å². The third kappa shape index (κ3) is 4.82. The number of nitrogens with one attached hydrogen (secondary N) is 1. The SMILES string of the molecule is CC[C@@H](NC(=O)CN(c1ccc2c(c1)OCO2)S(=O)(=O)CC)c1ccc(C)cc1. The number of nitrogens with zero attached hydrogens (tertiary/aromatic N) is 1. The lowest BCUT2D eigenvalue weighted by Crippen LogP contribution is -2.42. The van der Waals surface area contributed by atoms with Crippen LogP contribution in [0.1, 0.15) is 37.4 Å². The monoisotopic (exact) mass is 418 g/mol. The Hall–Kier alpha value is -2.74. The highest BCUT2D eigenvalue weighted by molar-refractivity contribution is 7.92. The molecule has 2 aromatic rings. The van der Waals surface area contributed by atoms with Crippen molar-refractivity contribution in [1.82, 2.24) is 5.32 Å². The Kier molecular flexibility index (Phi) is 6.32. The highest BCUT2D eigenvalue weighted by Gasteiger charge is 2.26. The van der Waals surface area contributed by atoms with Gasteiger partial charge in [-0.3, -0.25) is 9.10 Å². The van der Waals surface area contributed by atoms with E-state index in [0.717, 1.165) is 15.4 Å². The van der Waals surface area contributed by atoms with Crippen molar-refractivity contribution in [2.24, 2.45) is 0 Å². The van der Waals surface area contributed by atoms with Gasteiger partial charge in [0.25, 0.3) is 0 Å². The number of benzene rings is 2. The summed E-state index contributed by atoms with van der Waals surface area (Å²) in [5.41, 5.74) is 2.49. The Morgan fingerprint density at radius 2 is 1.79 bits per heavy atom. The van der Waals surface area contributed by atoms with E-state index < -0.39 is 10.0 Å². The first kappa shape index (κ1) is 21.0. The van der Waals surface area contributed by atoms with Gasteiger partial charge in [-0.2, -0.15) is 0 Å². The van der Waals surface area contributed by atoms with E-state index in [-0.39, 0.29) is 31.0 Å². The molecule has 1 aliphatic rings. The van der Waals surface area contributed by atoms with E-state index in [4.69, 9.17) is 9.47 Å². The maximum absolute atomic E-state index is 12.8. The van der Waals surface area contributed by atoms with Gasteiger partial charge in [-0.25, -0.2) is 8.42 Å². The molecule has 0 aromatic heterocycles. The third-order valence-electron chi connectivity index (χ3n) is 4.86. The second-order valence-corrected chi connectivity index (χ2v) is 9.07. The van der Waals surface area contributed by atoms with Crippen LogP contribution < -0.4 is 19.1 Å². The molecule has 0 aliphatic carbocycles. The minimum absolute atomic E-state index is 0.0918. The quantitative estimate of drug-likeness (QED) is 0.712. The zero-order chi connectivity index (χ0) is 21.0. The smallest absolute Gasteiger partial charge is 0.241 e. The number of rotatable bonds is 8. The standard InChI is InChI=1S/C21H26N2O5S/c1-4-18(16-8-6-15(3)7-9-16)22-21(24)13-23(29(25,26)5-2)17-10-11-19-20(12-17)28-14-27-19/h6-12,18H,4-5,13-14H2,1-3H3,(H,22,24)/t18-/m1/s1. The minimum atomic E-state index is -3.66. The van der Waals surface area contributed by atoms with Crippen LogP contribution in [0.25, 0.3) is 0 Å². The second-order valence-electron chi connectivity index (χ2n) is 6.88. The number of hydrogen-bond donors (Lipinski definition) is 1. The van der Waals surface area contributed by atoms with Crippen molar-refractivity contribution in [2.45, 2.75) is 33.2 Å². The lowest BCUT2D eigenvalue weighted by Gasteiger charge is -2.25. The van der Waals surface area contributed by atoms with Crippen LogP contribution in [0.4, 0.5) is 5.69 Å². The zero-order valence-electron chi connectivity index (χ0n) is 16.8. The molecule has 3 rings (SSSR count). The molecule has 0 unspecified atom stereocenters. The van der Waals surface area contributed by atoms with Gasteiger partial charge in [-0.15, -0.1) is 0 Å². The highest BCUT2D eigenvalue weighted by Crippen LogP contribution is 2.36. The summed E-state index contributed by atoms with van der Waals surface area (Å²) in [7, 11) is -3.66. The molecule has 7 nitrogen and oxygen atoms in total. The van der Waals surface area contributed by atoms with Gasteiger partial charge in [0.15, 0.2) is 11.5 Å². The summed E-state index contributed by atoms with van der Waals surface area (Å²) in [6.07, 6.45) is 0.694. The Labute approximate surface area is 171 Å².